The molecule has 0 saturated carbocycles. The Hall–Kier alpha value is -1.74. The molecule has 1 aliphatic rings. The van der Waals surface area contributed by atoms with E-state index in [2.05, 4.69) is 4.90 Å². The molecule has 0 spiro atoms. The van der Waals surface area contributed by atoms with Crippen LogP contribution in [0.3, 0.4) is 0 Å². The third-order valence-electron chi connectivity index (χ3n) is 3.17. The van der Waals surface area contributed by atoms with Gasteiger partial charge in [0.25, 0.3) is 5.91 Å². The van der Waals surface area contributed by atoms with Crippen LogP contribution in [0.5, 0.6) is 0 Å². The first-order valence-electron chi connectivity index (χ1n) is 6.02. The Labute approximate surface area is 110 Å². The van der Waals surface area contributed by atoms with Gasteiger partial charge in [-0.25, -0.2) is 0 Å². The van der Waals surface area contributed by atoms with Crippen LogP contribution in [-0.4, -0.2) is 19.0 Å². The molecule has 0 atom stereocenters. The lowest BCUT2D eigenvalue weighted by Gasteiger charge is -2.21. The first-order chi connectivity index (χ1) is 8.65. The second kappa shape index (κ2) is 5.27. The van der Waals surface area contributed by atoms with Crippen molar-refractivity contribution in [3.05, 3.63) is 10.4 Å². The molecule has 0 radical (unpaired) electrons. The SMILES string of the molecule is N#Cc1sc(N2CCCCCC2)c(C(N)=O)c1N. The largest absolute Gasteiger partial charge is 0.396 e. The molecule has 1 aliphatic heterocycles. The number of thiophene rings is 1. The summed E-state index contributed by atoms with van der Waals surface area (Å²) in [6.07, 6.45) is 4.60. The van der Waals surface area contributed by atoms with E-state index in [1.165, 1.54) is 24.2 Å². The molecule has 5 nitrogen and oxygen atoms in total. The van der Waals surface area contributed by atoms with Crippen LogP contribution in [0.4, 0.5) is 10.7 Å². The number of nitrogen functional groups attached to an aromatic ring is 1. The molecule has 1 saturated heterocycles. The van der Waals surface area contributed by atoms with Crippen molar-refractivity contribution in [1.29, 1.82) is 5.26 Å². The zero-order chi connectivity index (χ0) is 13.1. The Morgan fingerprint density at radius 1 is 1.28 bits per heavy atom. The van der Waals surface area contributed by atoms with Crippen molar-refractivity contribution < 1.29 is 4.79 Å². The summed E-state index contributed by atoms with van der Waals surface area (Å²) in [5.41, 5.74) is 11.8. The minimum absolute atomic E-state index is 0.231. The fraction of sp³-hybridized carbons (Fsp3) is 0.500. The predicted octanol–water partition coefficient (Wildman–Crippen LogP) is 1.68. The number of hydrogen-bond acceptors (Lipinski definition) is 5. The van der Waals surface area contributed by atoms with Crippen molar-refractivity contribution >= 4 is 27.9 Å². The van der Waals surface area contributed by atoms with E-state index in [1.54, 1.807) is 0 Å². The van der Waals surface area contributed by atoms with Crippen molar-refractivity contribution in [2.24, 2.45) is 5.73 Å². The van der Waals surface area contributed by atoms with Gasteiger partial charge in [-0.05, 0) is 12.8 Å². The summed E-state index contributed by atoms with van der Waals surface area (Å²) in [6.45, 7) is 1.79. The van der Waals surface area contributed by atoms with Crippen molar-refractivity contribution in [2.75, 3.05) is 23.7 Å². The molecular weight excluding hydrogens is 248 g/mol. The van der Waals surface area contributed by atoms with Gasteiger partial charge in [-0.3, -0.25) is 4.79 Å². The highest BCUT2D eigenvalue weighted by Crippen LogP contribution is 2.38. The fourth-order valence-corrected chi connectivity index (χ4v) is 3.32. The number of rotatable bonds is 2. The molecule has 1 aromatic rings. The highest BCUT2D eigenvalue weighted by atomic mass is 32.1. The van der Waals surface area contributed by atoms with Gasteiger partial charge in [0.15, 0.2) is 0 Å². The molecule has 1 amide bonds. The van der Waals surface area contributed by atoms with Gasteiger partial charge in [0.2, 0.25) is 0 Å². The van der Waals surface area contributed by atoms with E-state index in [9.17, 15) is 4.79 Å². The summed E-state index contributed by atoms with van der Waals surface area (Å²) < 4.78 is 0. The van der Waals surface area contributed by atoms with E-state index in [1.807, 2.05) is 6.07 Å². The number of nitriles is 1. The molecule has 0 aliphatic carbocycles. The average Bonchev–Trinajstić information content (AvgIpc) is 2.54. The third-order valence-corrected chi connectivity index (χ3v) is 4.34. The van der Waals surface area contributed by atoms with Crippen LogP contribution >= 0.6 is 11.3 Å². The maximum absolute atomic E-state index is 11.5. The molecule has 2 heterocycles. The summed E-state index contributed by atoms with van der Waals surface area (Å²) >= 11 is 1.27. The van der Waals surface area contributed by atoms with Gasteiger partial charge in [0.1, 0.15) is 15.9 Å². The second-order valence-electron chi connectivity index (χ2n) is 4.40. The van der Waals surface area contributed by atoms with Crippen molar-refractivity contribution in [1.82, 2.24) is 0 Å². The number of primary amides is 1. The summed E-state index contributed by atoms with van der Waals surface area (Å²) in [5, 5.41) is 9.76. The van der Waals surface area contributed by atoms with Crippen LogP contribution in [0.15, 0.2) is 0 Å². The van der Waals surface area contributed by atoms with Crippen LogP contribution in [-0.2, 0) is 0 Å². The van der Waals surface area contributed by atoms with E-state index < -0.39 is 5.91 Å². The van der Waals surface area contributed by atoms with Crippen LogP contribution < -0.4 is 16.4 Å². The van der Waals surface area contributed by atoms with Crippen molar-refractivity contribution in [3.8, 4) is 6.07 Å². The highest BCUT2D eigenvalue weighted by Gasteiger charge is 2.24. The first-order valence-corrected chi connectivity index (χ1v) is 6.84. The van der Waals surface area contributed by atoms with E-state index in [0.29, 0.717) is 10.4 Å². The van der Waals surface area contributed by atoms with Gasteiger partial charge in [-0.1, -0.05) is 12.8 Å². The maximum Gasteiger partial charge on any atom is 0.253 e. The Kier molecular flexibility index (Phi) is 3.72. The summed E-state index contributed by atoms with van der Waals surface area (Å²) in [5.74, 6) is -0.551. The Morgan fingerprint density at radius 3 is 2.39 bits per heavy atom. The predicted molar refractivity (Wildman–Crippen MR) is 72.6 cm³/mol. The molecule has 1 fully saturated rings. The molecule has 6 heteroatoms. The molecule has 0 unspecified atom stereocenters. The smallest absolute Gasteiger partial charge is 0.253 e. The number of nitrogens with zero attached hydrogens (tertiary/aromatic N) is 2. The average molecular weight is 264 g/mol. The third kappa shape index (κ3) is 2.27. The minimum Gasteiger partial charge on any atom is -0.396 e. The standard InChI is InChI=1S/C12H16N4OS/c13-7-8-10(14)9(11(15)17)12(18-8)16-5-3-1-2-4-6-16/h1-6,14H2,(H2,15,17). The summed E-state index contributed by atoms with van der Waals surface area (Å²) in [4.78, 5) is 14.0. The lowest BCUT2D eigenvalue weighted by Crippen LogP contribution is -2.26. The van der Waals surface area contributed by atoms with Gasteiger partial charge in [0, 0.05) is 13.1 Å². The number of hydrogen-bond donors (Lipinski definition) is 2. The lowest BCUT2D eigenvalue weighted by molar-refractivity contribution is 0.100. The number of anilines is 2. The lowest BCUT2D eigenvalue weighted by atomic mass is 10.2. The van der Waals surface area contributed by atoms with Gasteiger partial charge < -0.3 is 16.4 Å². The van der Waals surface area contributed by atoms with E-state index in [-0.39, 0.29) is 5.69 Å². The van der Waals surface area contributed by atoms with Crippen LogP contribution in [0.2, 0.25) is 0 Å². The topological polar surface area (TPSA) is 96.1 Å². The molecule has 0 aromatic carbocycles. The summed E-state index contributed by atoms with van der Waals surface area (Å²) in [7, 11) is 0. The fourth-order valence-electron chi connectivity index (χ4n) is 2.25. The monoisotopic (exact) mass is 264 g/mol. The normalized spacial score (nSPS) is 16.1. The number of nitrogens with two attached hydrogens (primary N) is 2. The van der Waals surface area contributed by atoms with E-state index in [4.69, 9.17) is 16.7 Å². The highest BCUT2D eigenvalue weighted by molar-refractivity contribution is 7.17. The van der Waals surface area contributed by atoms with Gasteiger partial charge >= 0.3 is 0 Å². The van der Waals surface area contributed by atoms with Gasteiger partial charge in [-0.2, -0.15) is 5.26 Å². The maximum atomic E-state index is 11.5. The van der Waals surface area contributed by atoms with Crippen LogP contribution in [0.1, 0.15) is 40.9 Å². The quantitative estimate of drug-likeness (QED) is 0.849. The molecule has 18 heavy (non-hydrogen) atoms. The molecule has 0 bridgehead atoms. The van der Waals surface area contributed by atoms with E-state index >= 15 is 0 Å². The molecular formula is C12H16N4OS. The number of amides is 1. The van der Waals surface area contributed by atoms with Crippen LogP contribution in [0.25, 0.3) is 0 Å². The van der Waals surface area contributed by atoms with Gasteiger partial charge in [-0.15, -0.1) is 11.3 Å². The van der Waals surface area contributed by atoms with E-state index in [0.717, 1.165) is 30.9 Å². The Morgan fingerprint density at radius 2 is 1.89 bits per heavy atom. The Bertz CT molecular complexity index is 495. The molecule has 4 N–H and O–H groups in total. The zero-order valence-electron chi connectivity index (χ0n) is 10.1. The van der Waals surface area contributed by atoms with Crippen LogP contribution in [0, 0.1) is 11.3 Å². The van der Waals surface area contributed by atoms with Crippen molar-refractivity contribution in [3.63, 3.8) is 0 Å². The second-order valence-corrected chi connectivity index (χ2v) is 5.40. The zero-order valence-corrected chi connectivity index (χ0v) is 10.9. The van der Waals surface area contributed by atoms with Gasteiger partial charge in [0.05, 0.1) is 11.3 Å². The number of carbonyl (C=O) groups is 1. The Balaban J connectivity index is 2.42. The molecule has 2 rings (SSSR count). The number of carbonyl (C=O) groups excluding carboxylic acids is 1. The van der Waals surface area contributed by atoms with Crippen molar-refractivity contribution in [2.45, 2.75) is 25.7 Å². The molecule has 96 valence electrons. The molecule has 1 aromatic heterocycles. The summed E-state index contributed by atoms with van der Waals surface area (Å²) in [6, 6.07) is 2.02. The minimum atomic E-state index is -0.551. The first kappa shape index (κ1) is 12.7.